The predicted molar refractivity (Wildman–Crippen MR) is 84.9 cm³/mol. The molecule has 0 aromatic rings. The second-order valence-electron chi connectivity index (χ2n) is 7.69. The first-order valence-corrected chi connectivity index (χ1v) is 9.87. The van der Waals surface area contributed by atoms with Gasteiger partial charge in [0.25, 0.3) is 15.9 Å². The summed E-state index contributed by atoms with van der Waals surface area (Å²) in [5.41, 5.74) is 0.149. The molecule has 0 radical (unpaired) electrons. The van der Waals surface area contributed by atoms with Gasteiger partial charge in [0.1, 0.15) is 6.04 Å². The van der Waals surface area contributed by atoms with Gasteiger partial charge in [-0.05, 0) is 30.6 Å². The second-order valence-corrected chi connectivity index (χ2v) is 9.52. The van der Waals surface area contributed by atoms with Crippen molar-refractivity contribution >= 4 is 27.8 Å². The Kier molecular flexibility index (Phi) is 3.35. The Morgan fingerprint density at radius 1 is 1.24 bits per heavy atom. The molecule has 2 aliphatic carbocycles. The van der Waals surface area contributed by atoms with Crippen molar-refractivity contribution in [2.45, 2.75) is 45.6 Å². The highest BCUT2D eigenvalue weighted by Gasteiger charge is 2.63. The zero-order chi connectivity index (χ0) is 18.1. The molecular weight excluding hydrogens is 348 g/mol. The fourth-order valence-electron chi connectivity index (χ4n) is 4.74. The lowest BCUT2D eigenvalue weighted by atomic mass is 9.79. The van der Waals surface area contributed by atoms with Crippen LogP contribution in [0.4, 0.5) is 0 Å². The van der Waals surface area contributed by atoms with Gasteiger partial charge in [0.2, 0.25) is 5.91 Å². The van der Waals surface area contributed by atoms with E-state index in [0.717, 1.165) is 12.8 Å². The predicted octanol–water partition coefficient (Wildman–Crippen LogP) is 0.258. The van der Waals surface area contributed by atoms with Crippen molar-refractivity contribution in [3.05, 3.63) is 10.5 Å². The minimum atomic E-state index is -3.95. The summed E-state index contributed by atoms with van der Waals surface area (Å²) in [4.78, 5) is 36.1. The molecule has 1 saturated heterocycles. The maximum Gasteiger partial charge on any atom is 0.330 e. The van der Waals surface area contributed by atoms with Crippen molar-refractivity contribution in [2.75, 3.05) is 6.73 Å². The molecular formula is C16H20N2O6S. The molecule has 136 valence electrons. The number of nitrogens with one attached hydrogen (secondary N) is 1. The first kappa shape index (κ1) is 16.6. The number of carbonyl (C=O) groups excluding carboxylic acids is 3. The number of fused-ring (bicyclic) bond motifs is 4. The van der Waals surface area contributed by atoms with Crippen LogP contribution in [-0.2, 0) is 29.1 Å². The topological polar surface area (TPSA) is 110 Å². The van der Waals surface area contributed by atoms with Crippen molar-refractivity contribution in [3.63, 3.8) is 0 Å². The van der Waals surface area contributed by atoms with Crippen LogP contribution < -0.4 is 5.32 Å². The average Bonchev–Trinajstić information content (AvgIpc) is 3.20. The van der Waals surface area contributed by atoms with E-state index in [1.807, 2.05) is 13.8 Å². The summed E-state index contributed by atoms with van der Waals surface area (Å²) in [6, 6.07) is -0.775. The van der Waals surface area contributed by atoms with E-state index in [1.54, 1.807) is 0 Å². The molecule has 3 unspecified atom stereocenters. The quantitative estimate of drug-likeness (QED) is 0.716. The van der Waals surface area contributed by atoms with Crippen LogP contribution >= 0.6 is 0 Å². The first-order valence-electron chi connectivity index (χ1n) is 8.43. The lowest BCUT2D eigenvalue weighted by Gasteiger charge is -2.29. The van der Waals surface area contributed by atoms with Gasteiger partial charge in [-0.1, -0.05) is 13.8 Å². The normalized spacial score (nSPS) is 34.5. The average molecular weight is 368 g/mol. The van der Waals surface area contributed by atoms with Gasteiger partial charge >= 0.3 is 5.97 Å². The van der Waals surface area contributed by atoms with E-state index in [2.05, 4.69) is 5.32 Å². The van der Waals surface area contributed by atoms with E-state index >= 15 is 0 Å². The van der Waals surface area contributed by atoms with E-state index in [9.17, 15) is 22.8 Å². The fourth-order valence-corrected chi connectivity index (χ4v) is 6.78. The molecule has 0 spiro atoms. The number of amides is 2. The Morgan fingerprint density at radius 2 is 1.92 bits per heavy atom. The summed E-state index contributed by atoms with van der Waals surface area (Å²) < 4.78 is 31.3. The van der Waals surface area contributed by atoms with Gasteiger partial charge in [-0.3, -0.25) is 9.59 Å². The third-order valence-corrected chi connectivity index (χ3v) is 8.01. The van der Waals surface area contributed by atoms with E-state index < -0.39 is 34.7 Å². The maximum absolute atomic E-state index is 12.8. The number of esters is 1. The summed E-state index contributed by atoms with van der Waals surface area (Å²) in [5.74, 6) is -1.75. The highest BCUT2D eigenvalue weighted by Crippen LogP contribution is 2.63. The summed E-state index contributed by atoms with van der Waals surface area (Å²) in [6.07, 6.45) is 2.10. The van der Waals surface area contributed by atoms with Crippen molar-refractivity contribution < 1.29 is 27.5 Å². The van der Waals surface area contributed by atoms with Gasteiger partial charge in [-0.15, -0.1) is 0 Å². The van der Waals surface area contributed by atoms with Crippen LogP contribution in [-0.4, -0.2) is 43.3 Å². The van der Waals surface area contributed by atoms with Crippen LogP contribution in [0.1, 0.15) is 39.5 Å². The van der Waals surface area contributed by atoms with Crippen LogP contribution in [0.5, 0.6) is 0 Å². The third-order valence-electron chi connectivity index (χ3n) is 6.10. The number of sulfonamides is 1. The Morgan fingerprint density at radius 3 is 2.52 bits per heavy atom. The van der Waals surface area contributed by atoms with Gasteiger partial charge in [0.15, 0.2) is 6.73 Å². The molecule has 2 fully saturated rings. The second kappa shape index (κ2) is 5.06. The molecule has 4 rings (SSSR count). The molecule has 9 heteroatoms. The largest absolute Gasteiger partial charge is 0.441 e. The number of ether oxygens (including phenoxy) is 1. The Balaban J connectivity index is 1.52. The molecule has 0 aromatic carbocycles. The summed E-state index contributed by atoms with van der Waals surface area (Å²) in [5, 5.41) is 2.46. The lowest BCUT2D eigenvalue weighted by Crippen LogP contribution is -2.41. The molecule has 3 atom stereocenters. The van der Waals surface area contributed by atoms with Crippen LogP contribution in [0.2, 0.25) is 0 Å². The lowest BCUT2D eigenvalue weighted by molar-refractivity contribution is -0.150. The van der Waals surface area contributed by atoms with Crippen molar-refractivity contribution in [3.8, 4) is 0 Å². The molecule has 2 amide bonds. The standard InChI is InChI=1S/C16H20N2O6S/c1-16(2)8-3-4-9(16)13-12(8)14(20)18(25(13,22)23)7-24-15(21)10-5-6-11(19)17-10/h8-10H,3-7H2,1-2H3,(H,17,19). The SMILES string of the molecule is CC1(C)C2CCC1C1=C2C(=O)N(COC(=O)C2CCC(=O)N2)S1(=O)=O. The van der Waals surface area contributed by atoms with Gasteiger partial charge in [0, 0.05) is 17.9 Å². The highest BCUT2D eigenvalue weighted by molar-refractivity contribution is 7.94. The molecule has 2 aliphatic heterocycles. The van der Waals surface area contributed by atoms with Crippen LogP contribution in [0.3, 0.4) is 0 Å². The minimum Gasteiger partial charge on any atom is -0.441 e. The highest BCUT2D eigenvalue weighted by atomic mass is 32.2. The summed E-state index contributed by atoms with van der Waals surface area (Å²) >= 11 is 0. The van der Waals surface area contributed by atoms with E-state index in [0.29, 0.717) is 16.3 Å². The molecule has 2 heterocycles. The van der Waals surface area contributed by atoms with E-state index in [1.165, 1.54) is 0 Å². The smallest absolute Gasteiger partial charge is 0.330 e. The zero-order valence-corrected chi connectivity index (χ0v) is 14.9. The minimum absolute atomic E-state index is 0.0652. The fraction of sp³-hybridized carbons (Fsp3) is 0.688. The molecule has 1 N–H and O–H groups in total. The first-order chi connectivity index (χ1) is 11.7. The van der Waals surface area contributed by atoms with Crippen molar-refractivity contribution in [2.24, 2.45) is 17.3 Å². The number of carbonyl (C=O) groups is 3. The molecule has 0 aromatic heterocycles. The number of rotatable bonds is 3. The van der Waals surface area contributed by atoms with Gasteiger partial charge in [0.05, 0.1) is 4.91 Å². The van der Waals surface area contributed by atoms with Gasteiger partial charge in [-0.2, -0.15) is 4.31 Å². The molecule has 4 aliphatic rings. The van der Waals surface area contributed by atoms with Crippen LogP contribution in [0.25, 0.3) is 0 Å². The molecule has 2 bridgehead atoms. The maximum atomic E-state index is 12.8. The van der Waals surface area contributed by atoms with Crippen molar-refractivity contribution in [1.29, 1.82) is 0 Å². The Labute approximate surface area is 145 Å². The van der Waals surface area contributed by atoms with Crippen LogP contribution in [0.15, 0.2) is 10.5 Å². The van der Waals surface area contributed by atoms with E-state index in [4.69, 9.17) is 4.74 Å². The summed E-state index contributed by atoms with van der Waals surface area (Å²) in [6.45, 7) is 3.37. The number of nitrogens with zero attached hydrogens (tertiary/aromatic N) is 1. The van der Waals surface area contributed by atoms with Crippen molar-refractivity contribution in [1.82, 2.24) is 9.62 Å². The van der Waals surface area contributed by atoms with Gasteiger partial charge < -0.3 is 10.1 Å². The molecule has 8 nitrogen and oxygen atoms in total. The zero-order valence-electron chi connectivity index (χ0n) is 14.1. The number of hydrogen-bond donors (Lipinski definition) is 1. The number of allylic oxidation sites excluding steroid dienone is 1. The third kappa shape index (κ3) is 2.11. The Bertz CT molecular complexity index is 828. The molecule has 1 saturated carbocycles. The summed E-state index contributed by atoms with van der Waals surface area (Å²) in [7, 11) is -3.95. The number of hydrogen-bond acceptors (Lipinski definition) is 6. The van der Waals surface area contributed by atoms with E-state index in [-0.39, 0.29) is 34.5 Å². The van der Waals surface area contributed by atoms with Crippen LogP contribution in [0, 0.1) is 17.3 Å². The molecule has 25 heavy (non-hydrogen) atoms. The Hall–Kier alpha value is -1.90. The monoisotopic (exact) mass is 368 g/mol. The van der Waals surface area contributed by atoms with Gasteiger partial charge in [-0.25, -0.2) is 13.2 Å².